The molecule has 1 aliphatic rings. The second-order valence-electron chi connectivity index (χ2n) is 10.4. The second kappa shape index (κ2) is 13.7. The maximum absolute atomic E-state index is 14.1. The number of anilines is 1. The van der Waals surface area contributed by atoms with Crippen LogP contribution in [0.3, 0.4) is 0 Å². The Morgan fingerprint density at radius 3 is 2.38 bits per heavy atom. The van der Waals surface area contributed by atoms with E-state index in [2.05, 4.69) is 45.3 Å². The predicted molar refractivity (Wildman–Crippen MR) is 153 cm³/mol. The van der Waals surface area contributed by atoms with Crippen molar-refractivity contribution in [1.29, 1.82) is 0 Å². The zero-order valence-corrected chi connectivity index (χ0v) is 26.2. The number of thioether (sulfide) groups is 1. The number of rotatable bonds is 9. The third kappa shape index (κ3) is 7.99. The van der Waals surface area contributed by atoms with Crippen molar-refractivity contribution in [3.8, 4) is 5.75 Å². The number of ether oxygens (including phenoxy) is 2. The molecule has 0 aromatic heterocycles. The van der Waals surface area contributed by atoms with Crippen LogP contribution in [-0.4, -0.2) is 63.3 Å². The summed E-state index contributed by atoms with van der Waals surface area (Å²) in [6.07, 6.45) is 0.0196. The molecule has 1 aliphatic heterocycles. The van der Waals surface area contributed by atoms with E-state index >= 15 is 0 Å². The highest BCUT2D eigenvalue weighted by atomic mass is 127. The minimum atomic E-state index is -0.943. The molecule has 0 aliphatic carbocycles. The van der Waals surface area contributed by atoms with Crippen LogP contribution in [0.2, 0.25) is 0 Å². The first-order valence-corrected chi connectivity index (χ1v) is 13.8. The Balaban J connectivity index is 0.00000420. The molecule has 1 heterocycles. The predicted octanol–water partition coefficient (Wildman–Crippen LogP) is 2.44. The smallest absolute Gasteiger partial charge is 0.303 e. The number of amides is 1. The highest BCUT2D eigenvalue weighted by molar-refractivity contribution is 7.99. The summed E-state index contributed by atoms with van der Waals surface area (Å²) in [5.74, 6) is 0.0650. The first-order valence-electron chi connectivity index (χ1n) is 12.9. The molecule has 6 nitrogen and oxygen atoms in total. The number of benzene rings is 3. The molecule has 8 heteroatoms. The molecule has 39 heavy (non-hydrogen) atoms. The van der Waals surface area contributed by atoms with Gasteiger partial charge >= 0.3 is 5.97 Å². The van der Waals surface area contributed by atoms with Gasteiger partial charge in [-0.3, -0.25) is 9.59 Å². The number of esters is 1. The van der Waals surface area contributed by atoms with Crippen LogP contribution in [0.15, 0.2) is 77.7 Å². The van der Waals surface area contributed by atoms with Gasteiger partial charge in [0, 0.05) is 18.2 Å². The van der Waals surface area contributed by atoms with Gasteiger partial charge in [-0.1, -0.05) is 54.1 Å². The molecule has 0 saturated carbocycles. The van der Waals surface area contributed by atoms with E-state index in [1.807, 2.05) is 53.4 Å². The summed E-state index contributed by atoms with van der Waals surface area (Å²) in [7, 11) is 6.01. The number of quaternary nitrogens is 1. The van der Waals surface area contributed by atoms with E-state index in [-0.39, 0.29) is 35.1 Å². The first kappa shape index (κ1) is 31.0. The average Bonchev–Trinajstić information content (AvgIpc) is 3.01. The summed E-state index contributed by atoms with van der Waals surface area (Å²) in [6.45, 7) is 5.70. The summed E-state index contributed by atoms with van der Waals surface area (Å²) in [4.78, 5) is 29.0. The van der Waals surface area contributed by atoms with Crippen molar-refractivity contribution in [2.45, 2.75) is 36.5 Å². The van der Waals surface area contributed by atoms with Gasteiger partial charge in [-0.15, -0.1) is 11.8 Å². The summed E-state index contributed by atoms with van der Waals surface area (Å²) in [6, 6.07) is 24.2. The lowest BCUT2D eigenvalue weighted by Crippen LogP contribution is -3.00. The van der Waals surface area contributed by atoms with Crippen LogP contribution < -0.4 is 33.6 Å². The van der Waals surface area contributed by atoms with Gasteiger partial charge in [0.15, 0.2) is 6.10 Å². The fourth-order valence-electron chi connectivity index (χ4n) is 4.72. The number of halogens is 1. The fourth-order valence-corrected chi connectivity index (χ4v) is 6.04. The molecule has 1 amide bonds. The van der Waals surface area contributed by atoms with Crippen molar-refractivity contribution in [2.75, 3.05) is 45.7 Å². The van der Waals surface area contributed by atoms with E-state index in [0.29, 0.717) is 6.54 Å². The van der Waals surface area contributed by atoms with Crippen molar-refractivity contribution in [2.24, 2.45) is 0 Å². The minimum absolute atomic E-state index is 0. The number of hydrogen-bond donors (Lipinski definition) is 0. The zero-order chi connectivity index (χ0) is 27.3. The maximum Gasteiger partial charge on any atom is 0.303 e. The molecule has 0 saturated heterocycles. The molecule has 0 fully saturated rings. The first-order chi connectivity index (χ1) is 18.2. The van der Waals surface area contributed by atoms with Gasteiger partial charge in [0.2, 0.25) is 0 Å². The van der Waals surface area contributed by atoms with Gasteiger partial charge in [-0.05, 0) is 42.3 Å². The van der Waals surface area contributed by atoms with Gasteiger partial charge in [-0.25, -0.2) is 0 Å². The number of para-hydroxylation sites is 1. The lowest BCUT2D eigenvalue weighted by Gasteiger charge is -2.34. The normalized spacial score (nSPS) is 17.1. The van der Waals surface area contributed by atoms with Crippen LogP contribution in [-0.2, 0) is 20.7 Å². The molecule has 0 unspecified atom stereocenters. The quantitative estimate of drug-likeness (QED) is 0.201. The SMILES string of the molecule is COc1ccc([C@H]2Sc3ccccc3N(CC[N+](C)(C)CCc3cccc(C)c3)C(=O)[C@H]2OC(C)=O)cc1.[I-]. The van der Waals surface area contributed by atoms with E-state index in [4.69, 9.17) is 9.47 Å². The fraction of sp³-hybridized carbons (Fsp3) is 0.355. The van der Waals surface area contributed by atoms with Gasteiger partial charge in [0.05, 0.1) is 51.8 Å². The molecular formula is C31H37IN2O4S. The lowest BCUT2D eigenvalue weighted by atomic mass is 10.1. The molecular weight excluding hydrogens is 623 g/mol. The van der Waals surface area contributed by atoms with Crippen LogP contribution in [0.5, 0.6) is 5.75 Å². The van der Waals surface area contributed by atoms with Crippen LogP contribution in [0.25, 0.3) is 0 Å². The van der Waals surface area contributed by atoms with E-state index in [9.17, 15) is 9.59 Å². The Kier molecular flexibility index (Phi) is 10.9. The van der Waals surface area contributed by atoms with E-state index in [1.54, 1.807) is 18.9 Å². The summed E-state index contributed by atoms with van der Waals surface area (Å²) in [5, 5.41) is -0.382. The monoisotopic (exact) mass is 660 g/mol. The highest BCUT2D eigenvalue weighted by Crippen LogP contribution is 2.46. The molecule has 0 spiro atoms. The van der Waals surface area contributed by atoms with E-state index in [0.717, 1.165) is 45.9 Å². The van der Waals surface area contributed by atoms with Crippen LogP contribution in [0.4, 0.5) is 5.69 Å². The average molecular weight is 661 g/mol. The van der Waals surface area contributed by atoms with Crippen molar-refractivity contribution in [3.63, 3.8) is 0 Å². The number of likely N-dealkylation sites (N-methyl/N-ethyl adjacent to an activating group) is 1. The molecule has 0 N–H and O–H groups in total. The molecule has 208 valence electrons. The van der Waals surface area contributed by atoms with Gasteiger partial charge in [-0.2, -0.15) is 0 Å². The minimum Gasteiger partial charge on any atom is -1.00 e. The summed E-state index contributed by atoms with van der Waals surface area (Å²) >= 11 is 1.56. The van der Waals surface area contributed by atoms with Crippen molar-refractivity contribution in [3.05, 3.63) is 89.5 Å². The second-order valence-corrected chi connectivity index (χ2v) is 11.6. The van der Waals surface area contributed by atoms with Gasteiger partial charge in [0.1, 0.15) is 5.75 Å². The number of hydrogen-bond acceptors (Lipinski definition) is 5. The number of fused-ring (bicyclic) bond motifs is 1. The molecule has 3 aromatic carbocycles. The number of methoxy groups -OCH3 is 1. The highest BCUT2D eigenvalue weighted by Gasteiger charge is 2.41. The number of nitrogens with zero attached hydrogens (tertiary/aromatic N) is 2. The summed E-state index contributed by atoms with van der Waals surface area (Å²) < 4.78 is 11.8. The lowest BCUT2D eigenvalue weighted by molar-refractivity contribution is -0.888. The molecule has 0 bridgehead atoms. The van der Waals surface area contributed by atoms with E-state index in [1.165, 1.54) is 18.1 Å². The maximum atomic E-state index is 14.1. The third-order valence-electron chi connectivity index (χ3n) is 6.95. The topological polar surface area (TPSA) is 55.8 Å². The standard InChI is InChI=1S/C31H37N2O4S.HI/c1-22-9-8-10-24(21-22)17-19-33(3,4)20-18-32-27-11-6-7-12-28(27)38-30(29(31(32)35)37-23(2)34)25-13-15-26(36-5)16-14-25;/h6-16,21,29-30H,17-20H2,1-5H3;1H/q+1;/p-1/t29-,30+;/m0./s1. The molecule has 2 atom stereocenters. The van der Waals surface area contributed by atoms with Crippen molar-refractivity contribution in [1.82, 2.24) is 0 Å². The van der Waals surface area contributed by atoms with Crippen LogP contribution in [0.1, 0.15) is 28.9 Å². The number of carbonyl (C=O) groups is 2. The Hall–Kier alpha value is -2.56. The van der Waals surface area contributed by atoms with Crippen molar-refractivity contribution < 1.29 is 47.5 Å². The van der Waals surface area contributed by atoms with Crippen LogP contribution >= 0.6 is 11.8 Å². The molecule has 4 rings (SSSR count). The summed E-state index contributed by atoms with van der Waals surface area (Å²) in [5.41, 5.74) is 4.34. The third-order valence-corrected chi connectivity index (χ3v) is 8.32. The zero-order valence-electron chi connectivity index (χ0n) is 23.2. The van der Waals surface area contributed by atoms with Crippen LogP contribution in [0, 0.1) is 6.92 Å². The van der Waals surface area contributed by atoms with Gasteiger partial charge in [0.25, 0.3) is 5.91 Å². The van der Waals surface area contributed by atoms with E-state index < -0.39 is 12.1 Å². The Morgan fingerprint density at radius 2 is 1.72 bits per heavy atom. The largest absolute Gasteiger partial charge is 1.00 e. The van der Waals surface area contributed by atoms with Crippen molar-refractivity contribution >= 4 is 29.3 Å². The number of aryl methyl sites for hydroxylation is 1. The Labute approximate surface area is 253 Å². The molecule has 3 aromatic rings. The number of carbonyl (C=O) groups excluding carboxylic acids is 2. The Morgan fingerprint density at radius 1 is 1.00 bits per heavy atom. The Bertz CT molecular complexity index is 1280. The molecule has 0 radical (unpaired) electrons. The van der Waals surface area contributed by atoms with Gasteiger partial charge < -0.3 is 42.8 Å².